The number of benzene rings is 1. The first-order chi connectivity index (χ1) is 8.78. The van der Waals surface area contributed by atoms with Gasteiger partial charge >= 0.3 is 0 Å². The highest BCUT2D eigenvalue weighted by Gasteiger charge is 2.36. The van der Waals surface area contributed by atoms with E-state index < -0.39 is 0 Å². The summed E-state index contributed by atoms with van der Waals surface area (Å²) in [4.78, 5) is 0. The molecule has 1 saturated carbocycles. The summed E-state index contributed by atoms with van der Waals surface area (Å²) in [6, 6.07) is 8.51. The molecule has 100 valence electrons. The molecule has 0 bridgehead atoms. The van der Waals surface area contributed by atoms with E-state index in [4.69, 9.17) is 9.47 Å². The number of hydrogen-bond donors (Lipinski definition) is 1. The lowest BCUT2D eigenvalue weighted by atomic mass is 9.80. The zero-order valence-corrected chi connectivity index (χ0v) is 11.4. The van der Waals surface area contributed by atoms with Crippen molar-refractivity contribution in [3.05, 3.63) is 35.4 Å². The molecule has 0 amide bonds. The third-order valence-corrected chi connectivity index (χ3v) is 3.78. The van der Waals surface area contributed by atoms with E-state index in [0.29, 0.717) is 6.61 Å². The fourth-order valence-electron chi connectivity index (χ4n) is 2.45. The van der Waals surface area contributed by atoms with Crippen LogP contribution in [0.2, 0.25) is 0 Å². The van der Waals surface area contributed by atoms with Crippen LogP contribution in [0, 0.1) is 0 Å². The first-order valence-corrected chi connectivity index (χ1v) is 6.61. The van der Waals surface area contributed by atoms with Crippen LogP contribution in [0.15, 0.2) is 24.3 Å². The van der Waals surface area contributed by atoms with Gasteiger partial charge in [-0.2, -0.15) is 0 Å². The third kappa shape index (κ3) is 3.31. The lowest BCUT2D eigenvalue weighted by Crippen LogP contribution is -2.47. The van der Waals surface area contributed by atoms with E-state index in [-0.39, 0.29) is 5.60 Å². The highest BCUT2D eigenvalue weighted by molar-refractivity contribution is 5.22. The van der Waals surface area contributed by atoms with Gasteiger partial charge in [0.15, 0.2) is 0 Å². The molecule has 1 fully saturated rings. The summed E-state index contributed by atoms with van der Waals surface area (Å²) in [5.74, 6) is 0. The van der Waals surface area contributed by atoms with Crippen LogP contribution in [0.4, 0.5) is 0 Å². The van der Waals surface area contributed by atoms with Gasteiger partial charge in [0.05, 0.1) is 12.2 Å². The van der Waals surface area contributed by atoms with Crippen molar-refractivity contribution in [3.63, 3.8) is 0 Å². The van der Waals surface area contributed by atoms with Crippen LogP contribution < -0.4 is 5.32 Å². The molecule has 0 atom stereocenters. The molecule has 0 heterocycles. The molecule has 0 radical (unpaired) electrons. The average molecular weight is 249 g/mol. The SMILES string of the molecule is COCc1cccc(CNCC2(OC)CCC2)c1. The zero-order chi connectivity index (χ0) is 12.8. The van der Waals surface area contributed by atoms with E-state index in [1.165, 1.54) is 30.4 Å². The fourth-order valence-corrected chi connectivity index (χ4v) is 2.45. The summed E-state index contributed by atoms with van der Waals surface area (Å²) in [6.45, 7) is 2.51. The molecule has 1 aliphatic carbocycles. The van der Waals surface area contributed by atoms with Crippen molar-refractivity contribution in [2.24, 2.45) is 0 Å². The summed E-state index contributed by atoms with van der Waals surface area (Å²) in [5, 5.41) is 3.50. The molecule has 1 aromatic carbocycles. The van der Waals surface area contributed by atoms with Gasteiger partial charge in [-0.3, -0.25) is 0 Å². The van der Waals surface area contributed by atoms with Gasteiger partial charge < -0.3 is 14.8 Å². The van der Waals surface area contributed by atoms with Crippen molar-refractivity contribution in [1.29, 1.82) is 0 Å². The van der Waals surface area contributed by atoms with Crippen molar-refractivity contribution < 1.29 is 9.47 Å². The molecule has 0 spiro atoms. The Morgan fingerprint density at radius 3 is 2.61 bits per heavy atom. The Kier molecular flexibility index (Phi) is 4.75. The maximum Gasteiger partial charge on any atom is 0.0802 e. The average Bonchev–Trinajstić information content (AvgIpc) is 2.34. The van der Waals surface area contributed by atoms with Crippen LogP contribution in [0.5, 0.6) is 0 Å². The third-order valence-electron chi connectivity index (χ3n) is 3.78. The molecule has 0 aliphatic heterocycles. The minimum Gasteiger partial charge on any atom is -0.380 e. The topological polar surface area (TPSA) is 30.5 Å². The Bertz CT molecular complexity index is 369. The van der Waals surface area contributed by atoms with Crippen LogP contribution in [-0.2, 0) is 22.6 Å². The maximum absolute atomic E-state index is 5.59. The predicted octanol–water partition coefficient (Wildman–Crippen LogP) is 2.49. The molecule has 0 unspecified atom stereocenters. The molecule has 1 aromatic rings. The molecule has 18 heavy (non-hydrogen) atoms. The quantitative estimate of drug-likeness (QED) is 0.805. The van der Waals surface area contributed by atoms with E-state index >= 15 is 0 Å². The number of nitrogens with one attached hydrogen (secondary N) is 1. The lowest BCUT2D eigenvalue weighted by molar-refractivity contribution is -0.0695. The molecular weight excluding hydrogens is 226 g/mol. The van der Waals surface area contributed by atoms with Gasteiger partial charge in [-0.05, 0) is 30.4 Å². The minimum atomic E-state index is 0.101. The molecule has 0 aromatic heterocycles. The summed E-state index contributed by atoms with van der Waals surface area (Å²) < 4.78 is 10.7. The summed E-state index contributed by atoms with van der Waals surface area (Å²) in [7, 11) is 3.55. The van der Waals surface area contributed by atoms with E-state index in [0.717, 1.165) is 13.1 Å². The first-order valence-electron chi connectivity index (χ1n) is 6.61. The summed E-state index contributed by atoms with van der Waals surface area (Å²) in [5.41, 5.74) is 2.63. The summed E-state index contributed by atoms with van der Waals surface area (Å²) >= 11 is 0. The second-order valence-corrected chi connectivity index (χ2v) is 5.10. The van der Waals surface area contributed by atoms with Crippen LogP contribution in [0.3, 0.4) is 0 Å². The Labute approximate surface area is 109 Å². The van der Waals surface area contributed by atoms with Crippen LogP contribution in [0.1, 0.15) is 30.4 Å². The Morgan fingerprint density at radius 1 is 1.22 bits per heavy atom. The smallest absolute Gasteiger partial charge is 0.0802 e. The zero-order valence-electron chi connectivity index (χ0n) is 11.4. The number of ether oxygens (including phenoxy) is 2. The Morgan fingerprint density at radius 2 is 2.00 bits per heavy atom. The normalized spacial score (nSPS) is 17.4. The van der Waals surface area contributed by atoms with E-state index in [1.54, 1.807) is 7.11 Å². The van der Waals surface area contributed by atoms with E-state index in [2.05, 4.69) is 29.6 Å². The standard InChI is InChI=1S/C15H23NO2/c1-17-11-14-6-3-5-13(9-14)10-16-12-15(18-2)7-4-8-15/h3,5-6,9,16H,4,7-8,10-12H2,1-2H3. The number of hydrogen-bond acceptors (Lipinski definition) is 3. The Balaban J connectivity index is 1.80. The predicted molar refractivity (Wildman–Crippen MR) is 72.5 cm³/mol. The molecule has 1 N–H and O–H groups in total. The van der Waals surface area contributed by atoms with Gasteiger partial charge in [-0.25, -0.2) is 0 Å². The highest BCUT2D eigenvalue weighted by Crippen LogP contribution is 2.34. The van der Waals surface area contributed by atoms with Crippen LogP contribution >= 0.6 is 0 Å². The van der Waals surface area contributed by atoms with Crippen molar-refractivity contribution in [2.45, 2.75) is 38.0 Å². The summed E-state index contributed by atoms with van der Waals surface area (Å²) in [6.07, 6.45) is 3.65. The van der Waals surface area contributed by atoms with Gasteiger partial charge in [-0.15, -0.1) is 0 Å². The maximum atomic E-state index is 5.59. The van der Waals surface area contributed by atoms with Crippen LogP contribution in [-0.4, -0.2) is 26.4 Å². The molecule has 0 saturated heterocycles. The van der Waals surface area contributed by atoms with Gasteiger partial charge in [0, 0.05) is 27.3 Å². The minimum absolute atomic E-state index is 0.101. The number of rotatable bonds is 7. The molecule has 2 rings (SSSR count). The first kappa shape index (κ1) is 13.5. The van der Waals surface area contributed by atoms with Gasteiger partial charge in [0.25, 0.3) is 0 Å². The van der Waals surface area contributed by atoms with Gasteiger partial charge in [0.1, 0.15) is 0 Å². The van der Waals surface area contributed by atoms with E-state index in [9.17, 15) is 0 Å². The number of methoxy groups -OCH3 is 2. The fraction of sp³-hybridized carbons (Fsp3) is 0.600. The second kappa shape index (κ2) is 6.32. The monoisotopic (exact) mass is 249 g/mol. The highest BCUT2D eigenvalue weighted by atomic mass is 16.5. The second-order valence-electron chi connectivity index (χ2n) is 5.10. The molecule has 1 aliphatic rings. The largest absolute Gasteiger partial charge is 0.380 e. The molecular formula is C15H23NO2. The van der Waals surface area contributed by atoms with Crippen LogP contribution in [0.25, 0.3) is 0 Å². The lowest BCUT2D eigenvalue weighted by Gasteiger charge is -2.40. The van der Waals surface area contributed by atoms with Crippen molar-refractivity contribution in [1.82, 2.24) is 5.32 Å². The van der Waals surface area contributed by atoms with Crippen molar-refractivity contribution in [2.75, 3.05) is 20.8 Å². The molecule has 3 nitrogen and oxygen atoms in total. The molecule has 3 heteroatoms. The Hall–Kier alpha value is -0.900. The van der Waals surface area contributed by atoms with Crippen molar-refractivity contribution >= 4 is 0 Å². The van der Waals surface area contributed by atoms with E-state index in [1.807, 2.05) is 7.11 Å². The van der Waals surface area contributed by atoms with Gasteiger partial charge in [0.2, 0.25) is 0 Å². The van der Waals surface area contributed by atoms with Gasteiger partial charge in [-0.1, -0.05) is 24.3 Å². The van der Waals surface area contributed by atoms with Crippen molar-refractivity contribution in [3.8, 4) is 0 Å².